The molecular formula is C15H18N2O6. The van der Waals surface area contributed by atoms with Gasteiger partial charge >= 0.3 is 5.97 Å². The van der Waals surface area contributed by atoms with E-state index in [1.54, 1.807) is 20.2 Å². The smallest absolute Gasteiger partial charge is 0.306 e. The van der Waals surface area contributed by atoms with Gasteiger partial charge in [0.15, 0.2) is 5.76 Å². The second-order valence-electron chi connectivity index (χ2n) is 4.96. The average Bonchev–Trinajstić information content (AvgIpc) is 2.94. The van der Waals surface area contributed by atoms with E-state index in [4.69, 9.17) is 9.15 Å². The Morgan fingerprint density at radius 3 is 2.83 bits per heavy atom. The van der Waals surface area contributed by atoms with Gasteiger partial charge < -0.3 is 19.4 Å². The third-order valence-electron chi connectivity index (χ3n) is 3.28. The Kier molecular flexibility index (Phi) is 5.17. The summed E-state index contributed by atoms with van der Waals surface area (Å²) < 4.78 is 11.9. The van der Waals surface area contributed by atoms with Crippen LogP contribution in [0.1, 0.15) is 36.3 Å². The molecule has 8 heteroatoms. The van der Waals surface area contributed by atoms with Gasteiger partial charge in [0.1, 0.15) is 12.4 Å². The molecule has 0 fully saturated rings. The van der Waals surface area contributed by atoms with E-state index < -0.39 is 29.7 Å². The molecule has 0 aromatic carbocycles. The number of carbonyl (C=O) groups is 1. The molecule has 0 unspecified atom stereocenters. The molecule has 1 atom stereocenters. The number of aliphatic hydroxyl groups excluding tert-OH is 1. The van der Waals surface area contributed by atoms with E-state index in [2.05, 4.69) is 5.10 Å². The van der Waals surface area contributed by atoms with E-state index in [-0.39, 0.29) is 24.5 Å². The van der Waals surface area contributed by atoms with Gasteiger partial charge in [-0.05, 0) is 6.92 Å². The highest BCUT2D eigenvalue weighted by Gasteiger charge is 2.27. The highest BCUT2D eigenvalue weighted by Crippen LogP contribution is 2.33. The highest BCUT2D eigenvalue weighted by molar-refractivity contribution is 5.71. The van der Waals surface area contributed by atoms with Crippen LogP contribution in [0, 0.1) is 0 Å². The maximum absolute atomic E-state index is 11.9. The van der Waals surface area contributed by atoms with Crippen molar-refractivity contribution in [2.75, 3.05) is 6.61 Å². The normalized spacial score (nSPS) is 12.1. The van der Waals surface area contributed by atoms with Crippen LogP contribution in [0.3, 0.4) is 0 Å². The molecule has 8 nitrogen and oxygen atoms in total. The zero-order valence-corrected chi connectivity index (χ0v) is 12.9. The summed E-state index contributed by atoms with van der Waals surface area (Å²) in [6, 6.07) is 1.00. The van der Waals surface area contributed by atoms with Crippen molar-refractivity contribution in [3.63, 3.8) is 0 Å². The lowest BCUT2D eigenvalue weighted by molar-refractivity contribution is -0.143. The minimum atomic E-state index is -0.748. The third kappa shape index (κ3) is 3.78. The van der Waals surface area contributed by atoms with Gasteiger partial charge in [0.2, 0.25) is 11.2 Å². The number of aromatic nitrogens is 2. The summed E-state index contributed by atoms with van der Waals surface area (Å²) in [6.45, 7) is 1.40. The number of hydrogen-bond acceptors (Lipinski definition) is 7. The maximum Gasteiger partial charge on any atom is 0.306 e. The lowest BCUT2D eigenvalue weighted by atomic mass is 9.95. The molecule has 0 saturated carbocycles. The van der Waals surface area contributed by atoms with Crippen molar-refractivity contribution < 1.29 is 24.2 Å². The molecule has 0 aliphatic heterocycles. The fourth-order valence-corrected chi connectivity index (χ4v) is 2.24. The topological polar surface area (TPSA) is 115 Å². The summed E-state index contributed by atoms with van der Waals surface area (Å²) in [7, 11) is 1.70. The second kappa shape index (κ2) is 7.10. The van der Waals surface area contributed by atoms with Gasteiger partial charge in [0.05, 0.1) is 25.1 Å². The van der Waals surface area contributed by atoms with E-state index in [1.807, 2.05) is 0 Å². The molecule has 0 spiro atoms. The zero-order chi connectivity index (χ0) is 17.0. The minimum absolute atomic E-state index is 0.000508. The van der Waals surface area contributed by atoms with Gasteiger partial charge in [-0.2, -0.15) is 5.10 Å². The summed E-state index contributed by atoms with van der Waals surface area (Å²) in [6.07, 6.45) is 3.02. The first-order chi connectivity index (χ1) is 11.0. The van der Waals surface area contributed by atoms with Crippen molar-refractivity contribution in [1.29, 1.82) is 0 Å². The molecule has 2 aromatic heterocycles. The van der Waals surface area contributed by atoms with E-state index in [9.17, 15) is 19.8 Å². The van der Waals surface area contributed by atoms with Gasteiger partial charge in [-0.25, -0.2) is 0 Å². The predicted molar refractivity (Wildman–Crippen MR) is 78.9 cm³/mol. The van der Waals surface area contributed by atoms with Gasteiger partial charge in [-0.3, -0.25) is 14.3 Å². The molecule has 23 heavy (non-hydrogen) atoms. The number of aliphatic hydroxyl groups is 1. The van der Waals surface area contributed by atoms with E-state index in [0.717, 1.165) is 6.07 Å². The number of aromatic hydroxyl groups is 1. The molecule has 0 amide bonds. The van der Waals surface area contributed by atoms with E-state index in [0.29, 0.717) is 5.56 Å². The number of hydrogen-bond donors (Lipinski definition) is 2. The van der Waals surface area contributed by atoms with Crippen molar-refractivity contribution in [3.8, 4) is 5.75 Å². The van der Waals surface area contributed by atoms with Crippen LogP contribution in [0.4, 0.5) is 0 Å². The van der Waals surface area contributed by atoms with Crippen molar-refractivity contribution in [2.24, 2.45) is 7.05 Å². The Hall–Kier alpha value is -2.61. The number of nitrogens with zero attached hydrogens (tertiary/aromatic N) is 2. The zero-order valence-electron chi connectivity index (χ0n) is 12.9. The van der Waals surface area contributed by atoms with Gasteiger partial charge in [-0.15, -0.1) is 0 Å². The highest BCUT2D eigenvalue weighted by atomic mass is 16.5. The van der Waals surface area contributed by atoms with Crippen LogP contribution in [0.2, 0.25) is 0 Å². The second-order valence-corrected chi connectivity index (χ2v) is 4.96. The predicted octanol–water partition coefficient (Wildman–Crippen LogP) is 0.656. The van der Waals surface area contributed by atoms with E-state index >= 15 is 0 Å². The number of aryl methyl sites for hydroxylation is 1. The van der Waals surface area contributed by atoms with Crippen LogP contribution < -0.4 is 5.43 Å². The van der Waals surface area contributed by atoms with Crippen LogP contribution >= 0.6 is 0 Å². The van der Waals surface area contributed by atoms with Crippen LogP contribution in [0.15, 0.2) is 27.7 Å². The fraction of sp³-hybridized carbons (Fsp3) is 0.400. The van der Waals surface area contributed by atoms with Crippen molar-refractivity contribution in [1.82, 2.24) is 9.78 Å². The quantitative estimate of drug-likeness (QED) is 0.751. The van der Waals surface area contributed by atoms with Crippen molar-refractivity contribution in [2.45, 2.75) is 25.9 Å². The summed E-state index contributed by atoms with van der Waals surface area (Å²) in [4.78, 5) is 23.7. The molecule has 124 valence electrons. The number of esters is 1. The largest absolute Gasteiger partial charge is 0.502 e. The minimum Gasteiger partial charge on any atom is -0.502 e. The monoisotopic (exact) mass is 322 g/mol. The third-order valence-corrected chi connectivity index (χ3v) is 3.28. The van der Waals surface area contributed by atoms with Crippen LogP contribution in [0.5, 0.6) is 5.75 Å². The van der Waals surface area contributed by atoms with Crippen molar-refractivity contribution >= 4 is 5.97 Å². The average molecular weight is 322 g/mol. The molecule has 0 radical (unpaired) electrons. The molecular weight excluding hydrogens is 304 g/mol. The first-order valence-electron chi connectivity index (χ1n) is 7.07. The Balaban J connectivity index is 2.51. The molecule has 2 heterocycles. The number of ether oxygens (including phenoxy) is 1. The standard InChI is InChI=1S/C15H18N2O6/c1-3-22-13(20)5-11(9-6-16-17(2)7-9)15-14(21)12(19)4-10(8-18)23-15/h4,6-7,11,18,21H,3,5,8H2,1-2H3/t11-/m0/s1. The SMILES string of the molecule is CCOC(=O)C[C@@H](c1cnn(C)c1)c1oc(CO)cc(=O)c1O. The Bertz CT molecular complexity index is 749. The summed E-state index contributed by atoms with van der Waals surface area (Å²) >= 11 is 0. The molecule has 0 saturated heterocycles. The van der Waals surface area contributed by atoms with E-state index in [1.165, 1.54) is 10.9 Å². The Morgan fingerprint density at radius 1 is 1.52 bits per heavy atom. The fourth-order valence-electron chi connectivity index (χ4n) is 2.24. The molecule has 0 aliphatic rings. The van der Waals surface area contributed by atoms with Crippen LogP contribution in [-0.4, -0.2) is 32.6 Å². The molecule has 2 rings (SSSR count). The summed E-state index contributed by atoms with van der Waals surface area (Å²) in [5.74, 6) is -1.94. The maximum atomic E-state index is 11.9. The first kappa shape index (κ1) is 16.8. The van der Waals surface area contributed by atoms with Crippen LogP contribution in [0.25, 0.3) is 0 Å². The summed E-state index contributed by atoms with van der Waals surface area (Å²) in [5.41, 5.74) is -0.109. The van der Waals surface area contributed by atoms with Gasteiger partial charge in [-0.1, -0.05) is 0 Å². The lowest BCUT2D eigenvalue weighted by Crippen LogP contribution is -2.14. The van der Waals surface area contributed by atoms with Gasteiger partial charge in [0, 0.05) is 24.9 Å². The molecule has 0 bridgehead atoms. The Labute approximate surface area is 131 Å². The number of rotatable bonds is 6. The van der Waals surface area contributed by atoms with Crippen LogP contribution in [-0.2, 0) is 23.2 Å². The number of carbonyl (C=O) groups excluding carboxylic acids is 1. The molecule has 2 aromatic rings. The molecule has 0 aliphatic carbocycles. The molecule has 2 N–H and O–H groups in total. The Morgan fingerprint density at radius 2 is 2.26 bits per heavy atom. The first-order valence-corrected chi connectivity index (χ1v) is 7.07. The summed E-state index contributed by atoms with van der Waals surface area (Å²) in [5, 5.41) is 23.2. The van der Waals surface area contributed by atoms with Crippen molar-refractivity contribution in [3.05, 3.63) is 45.8 Å². The van der Waals surface area contributed by atoms with Gasteiger partial charge in [0.25, 0.3) is 0 Å². The lowest BCUT2D eigenvalue weighted by Gasteiger charge is -2.15.